The average molecular weight is 290 g/mol. The predicted octanol–water partition coefficient (Wildman–Crippen LogP) is 2.52. The maximum Gasteiger partial charge on any atom is 0.416 e. The quantitative estimate of drug-likeness (QED) is 0.589. The van der Waals surface area contributed by atoms with Crippen molar-refractivity contribution in [3.63, 3.8) is 0 Å². The van der Waals surface area contributed by atoms with Crippen LogP contribution >= 0.6 is 0 Å². The Kier molecular flexibility index (Phi) is 3.87. The molecule has 1 aliphatic rings. The summed E-state index contributed by atoms with van der Waals surface area (Å²) in [7, 11) is 0. The first-order chi connectivity index (χ1) is 9.30. The third-order valence-corrected chi connectivity index (χ3v) is 3.48. The van der Waals surface area contributed by atoms with Crippen LogP contribution in [-0.4, -0.2) is 23.8 Å². The number of hydrogen-bond acceptors (Lipinski definition) is 2. The second-order valence-electron chi connectivity index (χ2n) is 4.70. The Bertz CT molecular complexity index is 503. The van der Waals surface area contributed by atoms with Gasteiger partial charge in [0.1, 0.15) is 6.09 Å². The maximum atomic E-state index is 13.7. The Morgan fingerprint density at radius 1 is 1.30 bits per heavy atom. The number of rotatable bonds is 1. The fraction of sp³-hybridized carbons (Fsp3) is 0.462. The highest BCUT2D eigenvalue weighted by Gasteiger charge is 2.37. The molecule has 1 aliphatic heterocycles. The molecule has 1 heterocycles. The lowest BCUT2D eigenvalue weighted by molar-refractivity contribution is -0.272. The molecule has 0 bridgehead atoms. The molecule has 0 saturated carbocycles. The Hall–Kier alpha value is -1.79. The number of halogens is 4. The van der Waals surface area contributed by atoms with Gasteiger partial charge in [0.2, 0.25) is 0 Å². The standard InChI is InChI=1S/C13H13F4NO2/c14-11-7-8(5-6-18(11)12(19)20)9-3-1-2-4-10(9)13(15,16)17/h1-4,8,11H,5-7H2,(H,19,20)/p-1. The zero-order valence-corrected chi connectivity index (χ0v) is 10.4. The molecule has 1 saturated heterocycles. The van der Waals surface area contributed by atoms with E-state index in [9.17, 15) is 27.5 Å². The van der Waals surface area contributed by atoms with Gasteiger partial charge in [0.25, 0.3) is 0 Å². The molecule has 0 spiro atoms. The van der Waals surface area contributed by atoms with Crippen LogP contribution in [0.1, 0.15) is 29.9 Å². The van der Waals surface area contributed by atoms with Crippen molar-refractivity contribution in [2.24, 2.45) is 0 Å². The number of benzene rings is 1. The van der Waals surface area contributed by atoms with Gasteiger partial charge >= 0.3 is 6.18 Å². The summed E-state index contributed by atoms with van der Waals surface area (Å²) in [6.07, 6.45) is -8.13. The lowest BCUT2D eigenvalue weighted by atomic mass is 9.86. The van der Waals surface area contributed by atoms with Crippen LogP contribution in [0.4, 0.5) is 22.4 Å². The molecule has 1 aromatic carbocycles. The number of amides is 1. The predicted molar refractivity (Wildman–Crippen MR) is 60.4 cm³/mol. The molecule has 0 N–H and O–H groups in total. The van der Waals surface area contributed by atoms with Gasteiger partial charge in [-0.05, 0) is 24.0 Å². The zero-order chi connectivity index (χ0) is 14.9. The summed E-state index contributed by atoms with van der Waals surface area (Å²) in [6, 6.07) is 5.00. The van der Waals surface area contributed by atoms with E-state index in [0.717, 1.165) is 6.07 Å². The van der Waals surface area contributed by atoms with E-state index in [1.165, 1.54) is 18.2 Å². The van der Waals surface area contributed by atoms with Crippen LogP contribution in [0.2, 0.25) is 0 Å². The summed E-state index contributed by atoms with van der Waals surface area (Å²) < 4.78 is 52.4. The summed E-state index contributed by atoms with van der Waals surface area (Å²) in [5.41, 5.74) is -0.778. The molecule has 1 aromatic rings. The van der Waals surface area contributed by atoms with E-state index in [-0.39, 0.29) is 24.9 Å². The SMILES string of the molecule is O=C([O-])N1CCC(c2ccccc2C(F)(F)F)CC1F. The number of carbonyl (C=O) groups is 1. The van der Waals surface area contributed by atoms with Crippen molar-refractivity contribution < 1.29 is 27.5 Å². The molecule has 2 rings (SSSR count). The minimum absolute atomic E-state index is 0.0145. The van der Waals surface area contributed by atoms with Crippen LogP contribution in [0.5, 0.6) is 0 Å². The van der Waals surface area contributed by atoms with E-state index >= 15 is 0 Å². The second-order valence-corrected chi connectivity index (χ2v) is 4.70. The van der Waals surface area contributed by atoms with Gasteiger partial charge in [-0.25, -0.2) is 4.39 Å². The fourth-order valence-electron chi connectivity index (χ4n) is 2.51. The fourth-order valence-corrected chi connectivity index (χ4v) is 2.51. The normalized spacial score (nSPS) is 23.7. The topological polar surface area (TPSA) is 43.4 Å². The van der Waals surface area contributed by atoms with Gasteiger partial charge in [-0.3, -0.25) is 0 Å². The van der Waals surface area contributed by atoms with Crippen molar-refractivity contribution in [2.45, 2.75) is 31.2 Å². The maximum absolute atomic E-state index is 13.7. The van der Waals surface area contributed by atoms with Gasteiger partial charge in [0.15, 0.2) is 6.30 Å². The van der Waals surface area contributed by atoms with Crippen LogP contribution in [0, 0.1) is 0 Å². The van der Waals surface area contributed by atoms with Gasteiger partial charge in [-0.2, -0.15) is 13.2 Å². The molecule has 3 nitrogen and oxygen atoms in total. The lowest BCUT2D eigenvalue weighted by Gasteiger charge is -2.37. The molecule has 0 aromatic heterocycles. The summed E-state index contributed by atoms with van der Waals surface area (Å²) in [4.78, 5) is 11.1. The third-order valence-electron chi connectivity index (χ3n) is 3.48. The van der Waals surface area contributed by atoms with Gasteiger partial charge in [-0.1, -0.05) is 18.2 Å². The summed E-state index contributed by atoms with van der Waals surface area (Å²) in [5.74, 6) is -0.654. The van der Waals surface area contributed by atoms with Gasteiger partial charge in [-0.15, -0.1) is 0 Å². The van der Waals surface area contributed by atoms with Crippen molar-refractivity contribution in [1.29, 1.82) is 0 Å². The van der Waals surface area contributed by atoms with Crippen molar-refractivity contribution >= 4 is 6.09 Å². The molecule has 20 heavy (non-hydrogen) atoms. The highest BCUT2D eigenvalue weighted by atomic mass is 19.4. The van der Waals surface area contributed by atoms with E-state index in [2.05, 4.69) is 0 Å². The smallest absolute Gasteiger partial charge is 0.416 e. The largest absolute Gasteiger partial charge is 0.530 e. The molecule has 2 unspecified atom stereocenters. The van der Waals surface area contributed by atoms with E-state index in [1.807, 2.05) is 0 Å². The number of alkyl halides is 4. The van der Waals surface area contributed by atoms with Crippen LogP contribution in [0.25, 0.3) is 0 Å². The number of hydrogen-bond donors (Lipinski definition) is 0. The van der Waals surface area contributed by atoms with Crippen LogP contribution in [-0.2, 0) is 6.18 Å². The zero-order valence-electron chi connectivity index (χ0n) is 10.4. The van der Waals surface area contributed by atoms with Crippen LogP contribution in [0.15, 0.2) is 24.3 Å². The highest BCUT2D eigenvalue weighted by Crippen LogP contribution is 2.39. The first-order valence-corrected chi connectivity index (χ1v) is 6.08. The summed E-state index contributed by atoms with van der Waals surface area (Å²) in [6.45, 7) is -0.166. The van der Waals surface area contributed by atoms with Crippen LogP contribution < -0.4 is 5.11 Å². The molecule has 1 amide bonds. The van der Waals surface area contributed by atoms with Crippen molar-refractivity contribution in [3.05, 3.63) is 35.4 Å². The Morgan fingerprint density at radius 3 is 2.50 bits per heavy atom. The minimum Gasteiger partial charge on any atom is -0.530 e. The average Bonchev–Trinajstić information content (AvgIpc) is 2.37. The molecule has 1 fully saturated rings. The Morgan fingerprint density at radius 2 is 1.95 bits per heavy atom. The molecule has 0 radical (unpaired) electrons. The monoisotopic (exact) mass is 290 g/mol. The van der Waals surface area contributed by atoms with E-state index in [4.69, 9.17) is 0 Å². The highest BCUT2D eigenvalue weighted by molar-refractivity contribution is 5.63. The molecule has 110 valence electrons. The van der Waals surface area contributed by atoms with Crippen molar-refractivity contribution in [3.8, 4) is 0 Å². The van der Waals surface area contributed by atoms with Gasteiger partial charge in [0.05, 0.1) is 5.56 Å². The van der Waals surface area contributed by atoms with E-state index in [1.54, 1.807) is 0 Å². The van der Waals surface area contributed by atoms with Gasteiger partial charge < -0.3 is 14.8 Å². The van der Waals surface area contributed by atoms with Crippen molar-refractivity contribution in [2.75, 3.05) is 6.54 Å². The molecule has 0 aliphatic carbocycles. The van der Waals surface area contributed by atoms with E-state index in [0.29, 0.717) is 4.90 Å². The Balaban J connectivity index is 2.24. The lowest BCUT2D eigenvalue weighted by Crippen LogP contribution is -2.49. The number of likely N-dealkylation sites (tertiary alicyclic amines) is 1. The first-order valence-electron chi connectivity index (χ1n) is 6.08. The summed E-state index contributed by atoms with van der Waals surface area (Å²) in [5, 5.41) is 10.6. The summed E-state index contributed by atoms with van der Waals surface area (Å²) >= 11 is 0. The second kappa shape index (κ2) is 5.30. The molecular formula is C13H12F4NO2-. The number of piperidine rings is 1. The molecule has 2 atom stereocenters. The molecular weight excluding hydrogens is 278 g/mol. The number of carboxylic acid groups (broad SMARTS) is 1. The van der Waals surface area contributed by atoms with Gasteiger partial charge in [0, 0.05) is 13.0 Å². The number of nitrogens with zero attached hydrogens (tertiary/aromatic N) is 1. The minimum atomic E-state index is -4.51. The van der Waals surface area contributed by atoms with Crippen LogP contribution in [0.3, 0.4) is 0 Å². The Labute approximate surface area is 112 Å². The van der Waals surface area contributed by atoms with Crippen molar-refractivity contribution in [1.82, 2.24) is 4.90 Å². The first kappa shape index (κ1) is 14.6. The number of carbonyl (C=O) groups excluding carboxylic acids is 1. The third kappa shape index (κ3) is 2.86. The molecule has 7 heteroatoms. The van der Waals surface area contributed by atoms with E-state index < -0.39 is 30.0 Å².